The number of rotatable bonds is 3. The topological polar surface area (TPSA) is 63.4 Å². The molecular weight excluding hydrogens is 320 g/mol. The van der Waals surface area contributed by atoms with Crippen LogP contribution in [-0.4, -0.2) is 30.5 Å². The largest absolute Gasteiger partial charge is 0.355 e. The van der Waals surface area contributed by atoms with Crippen molar-refractivity contribution in [2.75, 3.05) is 6.54 Å². The molecule has 0 saturated carbocycles. The second-order valence-corrected chi connectivity index (χ2v) is 8.94. The van der Waals surface area contributed by atoms with Gasteiger partial charge in [-0.2, -0.15) is 4.31 Å². The summed E-state index contributed by atoms with van der Waals surface area (Å²) in [4.78, 5) is 2.00. The minimum atomic E-state index is -3.44. The predicted octanol–water partition coefficient (Wildman–Crippen LogP) is 3.58. The fraction of sp³-hybridized carbons (Fsp3) is 0.533. The van der Waals surface area contributed by atoms with Crippen molar-refractivity contribution >= 4 is 21.4 Å². The monoisotopic (exact) mass is 340 g/mol. The van der Waals surface area contributed by atoms with E-state index in [1.54, 1.807) is 10.4 Å². The van der Waals surface area contributed by atoms with E-state index in [4.69, 9.17) is 4.52 Å². The van der Waals surface area contributed by atoms with Crippen LogP contribution in [0.5, 0.6) is 0 Å². The lowest BCUT2D eigenvalue weighted by Crippen LogP contribution is -2.41. The minimum absolute atomic E-state index is 0.0639. The Morgan fingerprint density at radius 1 is 1.32 bits per heavy atom. The van der Waals surface area contributed by atoms with Crippen LogP contribution in [0.1, 0.15) is 36.8 Å². The Morgan fingerprint density at radius 2 is 2.09 bits per heavy atom. The molecule has 3 rings (SSSR count). The van der Waals surface area contributed by atoms with Crippen molar-refractivity contribution in [3.8, 4) is 10.6 Å². The van der Waals surface area contributed by atoms with E-state index in [2.05, 4.69) is 5.16 Å². The molecule has 1 aliphatic heterocycles. The Hall–Kier alpha value is -1.18. The van der Waals surface area contributed by atoms with Gasteiger partial charge in [-0.05, 0) is 39.7 Å². The van der Waals surface area contributed by atoms with E-state index in [-0.39, 0.29) is 6.04 Å². The van der Waals surface area contributed by atoms with E-state index in [9.17, 15) is 8.42 Å². The van der Waals surface area contributed by atoms with Crippen molar-refractivity contribution in [2.45, 2.75) is 51.0 Å². The molecular formula is C15H20N2O3S2. The van der Waals surface area contributed by atoms with Gasteiger partial charge >= 0.3 is 0 Å². The molecule has 7 heteroatoms. The molecule has 3 heterocycles. The molecule has 0 radical (unpaired) electrons. The zero-order valence-electron chi connectivity index (χ0n) is 13.0. The van der Waals surface area contributed by atoms with E-state index >= 15 is 0 Å². The summed E-state index contributed by atoms with van der Waals surface area (Å²) in [5.74, 6) is 0.624. The number of piperidine rings is 1. The maximum Gasteiger partial charge on any atom is 0.244 e. The number of thiophene rings is 1. The average molecular weight is 340 g/mol. The highest BCUT2D eigenvalue weighted by Gasteiger charge is 2.33. The Labute approximate surface area is 135 Å². The van der Waals surface area contributed by atoms with Crippen LogP contribution in [0.25, 0.3) is 10.6 Å². The van der Waals surface area contributed by atoms with E-state index in [1.807, 2.05) is 26.8 Å². The van der Waals surface area contributed by atoms with Crippen LogP contribution in [0.4, 0.5) is 0 Å². The summed E-state index contributed by atoms with van der Waals surface area (Å²) in [5, 5.41) is 3.87. The summed E-state index contributed by atoms with van der Waals surface area (Å²) in [6, 6.07) is 3.61. The Balaban J connectivity index is 1.99. The molecule has 1 aliphatic rings. The summed E-state index contributed by atoms with van der Waals surface area (Å²) in [6.45, 7) is 6.29. The lowest BCUT2D eigenvalue weighted by Gasteiger charge is -2.32. The van der Waals surface area contributed by atoms with Gasteiger partial charge in [0, 0.05) is 23.5 Å². The molecule has 0 amide bonds. The van der Waals surface area contributed by atoms with Gasteiger partial charge in [0.1, 0.15) is 0 Å². The van der Waals surface area contributed by atoms with Crippen LogP contribution in [0.3, 0.4) is 0 Å². The SMILES string of the molecule is Cc1cc(-c2cc(S(=O)(=O)N3CCCCC3C)c(C)s2)on1. The van der Waals surface area contributed by atoms with Gasteiger partial charge in [-0.25, -0.2) is 8.42 Å². The number of nitrogens with zero attached hydrogens (tertiary/aromatic N) is 2. The van der Waals surface area contributed by atoms with Gasteiger partial charge in [-0.1, -0.05) is 11.6 Å². The highest BCUT2D eigenvalue weighted by Crippen LogP contribution is 2.36. The summed E-state index contributed by atoms with van der Waals surface area (Å²) in [7, 11) is -3.44. The van der Waals surface area contributed by atoms with Gasteiger partial charge in [0.2, 0.25) is 10.0 Å². The van der Waals surface area contributed by atoms with Crippen LogP contribution in [0.15, 0.2) is 21.6 Å². The number of sulfonamides is 1. The van der Waals surface area contributed by atoms with Crippen molar-refractivity contribution < 1.29 is 12.9 Å². The molecule has 0 aromatic carbocycles. The molecule has 0 aliphatic carbocycles. The zero-order chi connectivity index (χ0) is 15.9. The van der Waals surface area contributed by atoms with Crippen molar-refractivity contribution in [1.82, 2.24) is 9.46 Å². The third-order valence-corrected chi connectivity index (χ3v) is 7.41. The Morgan fingerprint density at radius 3 is 2.73 bits per heavy atom. The second-order valence-electron chi connectivity index (χ2n) is 5.82. The van der Waals surface area contributed by atoms with Crippen molar-refractivity contribution in [3.63, 3.8) is 0 Å². The molecule has 1 fully saturated rings. The highest BCUT2D eigenvalue weighted by molar-refractivity contribution is 7.89. The van der Waals surface area contributed by atoms with Crippen molar-refractivity contribution in [2.24, 2.45) is 0 Å². The number of aryl methyl sites for hydroxylation is 2. The molecule has 22 heavy (non-hydrogen) atoms. The fourth-order valence-corrected chi connectivity index (χ4v) is 6.09. The average Bonchev–Trinajstić information content (AvgIpc) is 3.05. The second kappa shape index (κ2) is 5.79. The molecule has 0 bridgehead atoms. The van der Waals surface area contributed by atoms with Gasteiger partial charge in [0.05, 0.1) is 15.5 Å². The van der Waals surface area contributed by atoms with Gasteiger partial charge in [-0.3, -0.25) is 0 Å². The molecule has 1 saturated heterocycles. The Kier molecular flexibility index (Phi) is 4.13. The predicted molar refractivity (Wildman–Crippen MR) is 86.5 cm³/mol. The third kappa shape index (κ3) is 2.73. The number of aromatic nitrogens is 1. The molecule has 5 nitrogen and oxygen atoms in total. The van der Waals surface area contributed by atoms with Crippen molar-refractivity contribution in [1.29, 1.82) is 0 Å². The quantitative estimate of drug-likeness (QED) is 0.856. The normalized spacial score (nSPS) is 20.4. The zero-order valence-corrected chi connectivity index (χ0v) is 14.6. The van der Waals surface area contributed by atoms with Crippen LogP contribution < -0.4 is 0 Å². The fourth-order valence-electron chi connectivity index (χ4n) is 2.88. The maximum absolute atomic E-state index is 13.0. The van der Waals surface area contributed by atoms with E-state index in [0.717, 1.165) is 34.7 Å². The summed E-state index contributed by atoms with van der Waals surface area (Å²) >= 11 is 1.43. The first-order chi connectivity index (χ1) is 10.4. The molecule has 0 spiro atoms. The standard InChI is InChI=1S/C15H20N2O3S2/c1-10-8-13(20-16-10)14-9-15(12(3)21-14)22(18,19)17-7-5-4-6-11(17)2/h8-9,11H,4-7H2,1-3H3. The first-order valence-corrected chi connectivity index (χ1v) is 9.71. The molecule has 1 atom stereocenters. The van der Waals surface area contributed by atoms with E-state index in [1.165, 1.54) is 11.3 Å². The van der Waals surface area contributed by atoms with Crippen LogP contribution >= 0.6 is 11.3 Å². The van der Waals surface area contributed by atoms with Gasteiger partial charge in [0.15, 0.2) is 5.76 Å². The van der Waals surface area contributed by atoms with Crippen LogP contribution in [0.2, 0.25) is 0 Å². The first-order valence-electron chi connectivity index (χ1n) is 7.45. The molecule has 1 unspecified atom stereocenters. The van der Waals surface area contributed by atoms with E-state index < -0.39 is 10.0 Å². The third-order valence-electron chi connectivity index (χ3n) is 4.07. The molecule has 0 N–H and O–H groups in total. The number of hydrogen-bond acceptors (Lipinski definition) is 5. The molecule has 120 valence electrons. The summed E-state index contributed by atoms with van der Waals surface area (Å²) in [6.07, 6.45) is 2.95. The minimum Gasteiger partial charge on any atom is -0.355 e. The lowest BCUT2D eigenvalue weighted by molar-refractivity contribution is 0.268. The molecule has 2 aromatic heterocycles. The van der Waals surface area contributed by atoms with Crippen molar-refractivity contribution in [3.05, 3.63) is 22.7 Å². The smallest absolute Gasteiger partial charge is 0.244 e. The number of hydrogen-bond donors (Lipinski definition) is 0. The summed E-state index contributed by atoms with van der Waals surface area (Å²) in [5.41, 5.74) is 0.787. The lowest BCUT2D eigenvalue weighted by atomic mass is 10.1. The maximum atomic E-state index is 13.0. The van der Waals surface area contributed by atoms with Crippen LogP contribution in [-0.2, 0) is 10.0 Å². The Bertz CT molecular complexity index is 777. The van der Waals surface area contributed by atoms with Gasteiger partial charge in [-0.15, -0.1) is 11.3 Å². The highest BCUT2D eigenvalue weighted by atomic mass is 32.2. The molecule has 2 aromatic rings. The van der Waals surface area contributed by atoms with Crippen LogP contribution in [0, 0.1) is 13.8 Å². The van der Waals surface area contributed by atoms with E-state index in [0.29, 0.717) is 17.2 Å². The summed E-state index contributed by atoms with van der Waals surface area (Å²) < 4.78 is 32.8. The first kappa shape index (κ1) is 15.7. The van der Waals surface area contributed by atoms with Gasteiger partial charge < -0.3 is 4.52 Å². The van der Waals surface area contributed by atoms with Gasteiger partial charge in [0.25, 0.3) is 0 Å².